The number of hydrogen-bond donors (Lipinski definition) is 1. The van der Waals surface area contributed by atoms with Gasteiger partial charge in [-0.1, -0.05) is 45.9 Å². The van der Waals surface area contributed by atoms with Gasteiger partial charge in [0.1, 0.15) is 0 Å². The predicted molar refractivity (Wildman–Crippen MR) is 72.2 cm³/mol. The molecule has 16 heavy (non-hydrogen) atoms. The van der Waals surface area contributed by atoms with Gasteiger partial charge in [-0.3, -0.25) is 0 Å². The summed E-state index contributed by atoms with van der Waals surface area (Å²) in [4.78, 5) is 0. The summed E-state index contributed by atoms with van der Waals surface area (Å²) >= 11 is 0. The van der Waals surface area contributed by atoms with Crippen molar-refractivity contribution in [2.45, 2.75) is 46.0 Å². The van der Waals surface area contributed by atoms with Gasteiger partial charge < -0.3 is 5.32 Å². The molecule has 0 fully saturated rings. The molecule has 0 aromatic heterocycles. The molecule has 1 rings (SSSR count). The van der Waals surface area contributed by atoms with E-state index in [1.807, 2.05) is 7.05 Å². The molecule has 0 saturated carbocycles. The van der Waals surface area contributed by atoms with Gasteiger partial charge in [0.25, 0.3) is 0 Å². The molecule has 1 aromatic carbocycles. The minimum absolute atomic E-state index is 0.246. The number of aryl methyl sites for hydroxylation is 1. The third-order valence-corrected chi connectivity index (χ3v) is 3.18. The van der Waals surface area contributed by atoms with Crippen LogP contribution < -0.4 is 5.32 Å². The Balaban J connectivity index is 3.00. The Kier molecular flexibility index (Phi) is 4.15. The van der Waals surface area contributed by atoms with Crippen LogP contribution in [-0.2, 0) is 5.41 Å². The second kappa shape index (κ2) is 5.01. The van der Waals surface area contributed by atoms with Crippen molar-refractivity contribution in [1.82, 2.24) is 5.32 Å². The third kappa shape index (κ3) is 3.08. The molecule has 0 aliphatic heterocycles. The molecular formula is C15H25N. The lowest BCUT2D eigenvalue weighted by atomic mass is 9.84. The Labute approximate surface area is 100 Å². The molecule has 1 unspecified atom stereocenters. The quantitative estimate of drug-likeness (QED) is 0.819. The molecule has 1 N–H and O–H groups in total. The van der Waals surface area contributed by atoms with E-state index < -0.39 is 0 Å². The van der Waals surface area contributed by atoms with Crippen LogP contribution in [0.2, 0.25) is 0 Å². The SMILES string of the molecule is CNCC(C)c1ccc(C(C)(C)C)cc1C. The van der Waals surface area contributed by atoms with E-state index >= 15 is 0 Å². The first-order valence-corrected chi connectivity index (χ1v) is 6.12. The molecule has 0 bridgehead atoms. The van der Waals surface area contributed by atoms with E-state index in [1.165, 1.54) is 16.7 Å². The molecule has 0 radical (unpaired) electrons. The van der Waals surface area contributed by atoms with Crippen molar-refractivity contribution in [3.63, 3.8) is 0 Å². The van der Waals surface area contributed by atoms with Crippen molar-refractivity contribution in [2.24, 2.45) is 0 Å². The molecule has 0 spiro atoms. The fourth-order valence-corrected chi connectivity index (χ4v) is 2.11. The second-order valence-corrected chi connectivity index (χ2v) is 5.78. The molecular weight excluding hydrogens is 194 g/mol. The van der Waals surface area contributed by atoms with Gasteiger partial charge in [0.15, 0.2) is 0 Å². The van der Waals surface area contributed by atoms with E-state index in [-0.39, 0.29) is 5.41 Å². The molecule has 1 aromatic rings. The topological polar surface area (TPSA) is 12.0 Å². The summed E-state index contributed by atoms with van der Waals surface area (Å²) in [6, 6.07) is 6.90. The summed E-state index contributed by atoms with van der Waals surface area (Å²) in [5.74, 6) is 0.582. The molecule has 0 saturated heterocycles. The molecule has 0 amide bonds. The Morgan fingerprint density at radius 1 is 1.25 bits per heavy atom. The van der Waals surface area contributed by atoms with Gasteiger partial charge in [-0.05, 0) is 42.0 Å². The van der Waals surface area contributed by atoms with E-state index in [0.717, 1.165) is 6.54 Å². The van der Waals surface area contributed by atoms with Crippen LogP contribution in [0.3, 0.4) is 0 Å². The van der Waals surface area contributed by atoms with Crippen LogP contribution in [0.15, 0.2) is 18.2 Å². The highest BCUT2D eigenvalue weighted by atomic mass is 14.8. The average molecular weight is 219 g/mol. The predicted octanol–water partition coefficient (Wildman–Crippen LogP) is 3.62. The fourth-order valence-electron chi connectivity index (χ4n) is 2.11. The van der Waals surface area contributed by atoms with Gasteiger partial charge >= 0.3 is 0 Å². The van der Waals surface area contributed by atoms with Crippen molar-refractivity contribution in [3.05, 3.63) is 34.9 Å². The number of nitrogens with one attached hydrogen (secondary N) is 1. The van der Waals surface area contributed by atoms with Crippen LogP contribution in [0.1, 0.15) is 50.3 Å². The third-order valence-electron chi connectivity index (χ3n) is 3.18. The minimum atomic E-state index is 0.246. The zero-order valence-electron chi connectivity index (χ0n) is 11.5. The van der Waals surface area contributed by atoms with Crippen molar-refractivity contribution in [3.8, 4) is 0 Å². The van der Waals surface area contributed by atoms with E-state index in [0.29, 0.717) is 5.92 Å². The smallest absolute Gasteiger partial charge is 0.00145 e. The Morgan fingerprint density at radius 2 is 1.88 bits per heavy atom. The lowest BCUT2D eigenvalue weighted by Crippen LogP contribution is -2.16. The van der Waals surface area contributed by atoms with Gasteiger partial charge in [0.2, 0.25) is 0 Å². The zero-order chi connectivity index (χ0) is 12.3. The summed E-state index contributed by atoms with van der Waals surface area (Å²) in [5.41, 5.74) is 4.54. The van der Waals surface area contributed by atoms with Crippen LogP contribution >= 0.6 is 0 Å². The minimum Gasteiger partial charge on any atom is -0.319 e. The first kappa shape index (κ1) is 13.2. The monoisotopic (exact) mass is 219 g/mol. The summed E-state index contributed by atoms with van der Waals surface area (Å²) in [7, 11) is 2.01. The lowest BCUT2D eigenvalue weighted by Gasteiger charge is -2.22. The number of rotatable bonds is 3. The highest BCUT2D eigenvalue weighted by molar-refractivity contribution is 5.36. The van der Waals surface area contributed by atoms with E-state index in [9.17, 15) is 0 Å². The molecule has 0 heterocycles. The fraction of sp³-hybridized carbons (Fsp3) is 0.600. The molecule has 1 nitrogen and oxygen atoms in total. The molecule has 1 heteroatoms. The van der Waals surface area contributed by atoms with Crippen molar-refractivity contribution < 1.29 is 0 Å². The van der Waals surface area contributed by atoms with Gasteiger partial charge in [-0.15, -0.1) is 0 Å². The Hall–Kier alpha value is -0.820. The maximum atomic E-state index is 3.24. The first-order chi connectivity index (χ1) is 7.36. The summed E-state index contributed by atoms with van der Waals surface area (Å²) < 4.78 is 0. The molecule has 90 valence electrons. The summed E-state index contributed by atoms with van der Waals surface area (Å²) in [6.45, 7) is 12.3. The van der Waals surface area contributed by atoms with Gasteiger partial charge in [0.05, 0.1) is 0 Å². The van der Waals surface area contributed by atoms with Gasteiger partial charge in [-0.2, -0.15) is 0 Å². The molecule has 0 aliphatic rings. The van der Waals surface area contributed by atoms with Crippen LogP contribution in [0.25, 0.3) is 0 Å². The summed E-state index contributed by atoms with van der Waals surface area (Å²) in [6.07, 6.45) is 0. The number of likely N-dealkylation sites (N-methyl/N-ethyl adjacent to an activating group) is 1. The van der Waals surface area contributed by atoms with E-state index in [2.05, 4.69) is 58.1 Å². The van der Waals surface area contributed by atoms with Crippen LogP contribution in [0.5, 0.6) is 0 Å². The maximum absolute atomic E-state index is 3.24. The number of benzene rings is 1. The summed E-state index contributed by atoms with van der Waals surface area (Å²) in [5, 5.41) is 3.24. The highest BCUT2D eigenvalue weighted by Crippen LogP contribution is 2.27. The standard InChI is InChI=1S/C15H25N/c1-11-9-13(15(3,4)5)7-8-14(11)12(2)10-16-6/h7-9,12,16H,10H2,1-6H3. The van der Waals surface area contributed by atoms with Gasteiger partial charge in [0, 0.05) is 6.54 Å². The first-order valence-electron chi connectivity index (χ1n) is 6.12. The van der Waals surface area contributed by atoms with Crippen molar-refractivity contribution >= 4 is 0 Å². The normalized spacial score (nSPS) is 13.9. The molecule has 1 atom stereocenters. The average Bonchev–Trinajstić information content (AvgIpc) is 2.16. The van der Waals surface area contributed by atoms with Crippen LogP contribution in [-0.4, -0.2) is 13.6 Å². The molecule has 0 aliphatic carbocycles. The van der Waals surface area contributed by atoms with E-state index in [1.54, 1.807) is 0 Å². The Bertz CT molecular complexity index is 347. The van der Waals surface area contributed by atoms with Crippen molar-refractivity contribution in [1.29, 1.82) is 0 Å². The van der Waals surface area contributed by atoms with Crippen molar-refractivity contribution in [2.75, 3.05) is 13.6 Å². The Morgan fingerprint density at radius 3 is 2.31 bits per heavy atom. The number of hydrogen-bond acceptors (Lipinski definition) is 1. The largest absolute Gasteiger partial charge is 0.319 e. The highest BCUT2D eigenvalue weighted by Gasteiger charge is 2.15. The van der Waals surface area contributed by atoms with Gasteiger partial charge in [-0.25, -0.2) is 0 Å². The lowest BCUT2D eigenvalue weighted by molar-refractivity contribution is 0.588. The van der Waals surface area contributed by atoms with Crippen LogP contribution in [0, 0.1) is 6.92 Å². The maximum Gasteiger partial charge on any atom is 0.00145 e. The van der Waals surface area contributed by atoms with E-state index in [4.69, 9.17) is 0 Å². The zero-order valence-corrected chi connectivity index (χ0v) is 11.5. The second-order valence-electron chi connectivity index (χ2n) is 5.78. The van der Waals surface area contributed by atoms with Crippen LogP contribution in [0.4, 0.5) is 0 Å².